The average molecular weight is 297 g/mol. The first-order chi connectivity index (χ1) is 9.25. The highest BCUT2D eigenvalue weighted by atomic mass is 35.5. The third-order valence-corrected chi connectivity index (χ3v) is 3.78. The van der Waals surface area contributed by atoms with E-state index in [1.165, 1.54) is 5.56 Å². The summed E-state index contributed by atoms with van der Waals surface area (Å²) in [5.41, 5.74) is 1.34. The molecule has 0 saturated carbocycles. The minimum atomic E-state index is 0. The van der Waals surface area contributed by atoms with Gasteiger partial charge in [-0.2, -0.15) is 0 Å². The maximum absolute atomic E-state index is 12.0. The van der Waals surface area contributed by atoms with Crippen molar-refractivity contribution < 1.29 is 4.79 Å². The Kier molecular flexibility index (Phi) is 7.63. The molecular formula is C16H25ClN2O. The molecule has 3 nitrogen and oxygen atoms in total. The van der Waals surface area contributed by atoms with Crippen LogP contribution in [0.25, 0.3) is 0 Å². The zero-order valence-electron chi connectivity index (χ0n) is 12.1. The number of benzene rings is 1. The van der Waals surface area contributed by atoms with Crippen molar-refractivity contribution in [1.82, 2.24) is 10.6 Å². The monoisotopic (exact) mass is 296 g/mol. The molecule has 2 N–H and O–H groups in total. The molecule has 112 valence electrons. The van der Waals surface area contributed by atoms with Gasteiger partial charge in [0, 0.05) is 18.5 Å². The summed E-state index contributed by atoms with van der Waals surface area (Å²) in [6.45, 7) is 3.89. The molecule has 1 saturated heterocycles. The quantitative estimate of drug-likeness (QED) is 0.820. The van der Waals surface area contributed by atoms with E-state index in [-0.39, 0.29) is 24.2 Å². The van der Waals surface area contributed by atoms with Crippen LogP contribution in [0, 0.1) is 5.92 Å². The minimum Gasteiger partial charge on any atom is -0.356 e. The van der Waals surface area contributed by atoms with E-state index in [0.717, 1.165) is 38.8 Å². The van der Waals surface area contributed by atoms with Gasteiger partial charge in [-0.05, 0) is 44.7 Å². The molecule has 2 rings (SSSR count). The van der Waals surface area contributed by atoms with E-state index >= 15 is 0 Å². The summed E-state index contributed by atoms with van der Waals surface area (Å²) in [5, 5.41) is 6.45. The van der Waals surface area contributed by atoms with Crippen LogP contribution in [0.1, 0.15) is 31.7 Å². The number of carbonyl (C=O) groups is 1. The third kappa shape index (κ3) is 5.51. The fourth-order valence-electron chi connectivity index (χ4n) is 2.66. The Labute approximate surface area is 127 Å². The van der Waals surface area contributed by atoms with Gasteiger partial charge in [0.15, 0.2) is 0 Å². The SMILES string of the molecule is C[C@H]1C[C@@H](C(=O)NCCCc2ccccc2)CCN1.Cl. The second-order valence-corrected chi connectivity index (χ2v) is 5.46. The van der Waals surface area contributed by atoms with Crippen LogP contribution in [0.2, 0.25) is 0 Å². The van der Waals surface area contributed by atoms with Crippen molar-refractivity contribution in [2.24, 2.45) is 5.92 Å². The van der Waals surface area contributed by atoms with Gasteiger partial charge < -0.3 is 10.6 Å². The summed E-state index contributed by atoms with van der Waals surface area (Å²) in [6.07, 6.45) is 3.97. The molecule has 1 amide bonds. The highest BCUT2D eigenvalue weighted by Crippen LogP contribution is 2.15. The van der Waals surface area contributed by atoms with Crippen LogP contribution in [0.15, 0.2) is 30.3 Å². The molecule has 0 unspecified atom stereocenters. The lowest BCUT2D eigenvalue weighted by atomic mass is 9.92. The fraction of sp³-hybridized carbons (Fsp3) is 0.562. The Morgan fingerprint density at radius 3 is 2.80 bits per heavy atom. The smallest absolute Gasteiger partial charge is 0.223 e. The van der Waals surface area contributed by atoms with E-state index in [0.29, 0.717) is 6.04 Å². The Hall–Kier alpha value is -1.06. The first kappa shape index (κ1) is 17.0. The van der Waals surface area contributed by atoms with Crippen LogP contribution in [-0.4, -0.2) is 25.0 Å². The Balaban J connectivity index is 0.00000200. The molecular weight excluding hydrogens is 272 g/mol. The van der Waals surface area contributed by atoms with Crippen molar-refractivity contribution >= 4 is 18.3 Å². The molecule has 0 aliphatic carbocycles. The normalized spacial score (nSPS) is 21.9. The summed E-state index contributed by atoms with van der Waals surface area (Å²) < 4.78 is 0. The average Bonchev–Trinajstić information content (AvgIpc) is 2.44. The molecule has 1 fully saturated rings. The van der Waals surface area contributed by atoms with Crippen LogP contribution >= 0.6 is 12.4 Å². The predicted octanol–water partition coefficient (Wildman–Crippen LogP) is 2.55. The van der Waals surface area contributed by atoms with Crippen molar-refractivity contribution in [2.45, 2.75) is 38.6 Å². The number of aryl methyl sites for hydroxylation is 1. The van der Waals surface area contributed by atoms with E-state index in [9.17, 15) is 4.79 Å². The minimum absolute atomic E-state index is 0. The highest BCUT2D eigenvalue weighted by Gasteiger charge is 2.23. The first-order valence-electron chi connectivity index (χ1n) is 7.30. The maximum Gasteiger partial charge on any atom is 0.223 e. The van der Waals surface area contributed by atoms with E-state index in [2.05, 4.69) is 41.8 Å². The van der Waals surface area contributed by atoms with Gasteiger partial charge >= 0.3 is 0 Å². The predicted molar refractivity (Wildman–Crippen MR) is 85.2 cm³/mol. The van der Waals surface area contributed by atoms with Crippen LogP contribution in [-0.2, 0) is 11.2 Å². The summed E-state index contributed by atoms with van der Waals surface area (Å²) in [6, 6.07) is 10.9. The van der Waals surface area contributed by atoms with Crippen LogP contribution in [0.4, 0.5) is 0 Å². The van der Waals surface area contributed by atoms with Gasteiger partial charge in [0.25, 0.3) is 0 Å². The number of hydrogen-bond acceptors (Lipinski definition) is 2. The first-order valence-corrected chi connectivity index (χ1v) is 7.30. The molecule has 0 radical (unpaired) electrons. The molecule has 1 aromatic rings. The van der Waals surface area contributed by atoms with Gasteiger partial charge in [-0.3, -0.25) is 4.79 Å². The molecule has 0 bridgehead atoms. The lowest BCUT2D eigenvalue weighted by Crippen LogP contribution is -2.42. The van der Waals surface area contributed by atoms with Gasteiger partial charge in [-0.1, -0.05) is 30.3 Å². The molecule has 1 heterocycles. The van der Waals surface area contributed by atoms with Gasteiger partial charge in [-0.25, -0.2) is 0 Å². The molecule has 1 aliphatic heterocycles. The van der Waals surface area contributed by atoms with Crippen molar-refractivity contribution in [1.29, 1.82) is 0 Å². The summed E-state index contributed by atoms with van der Waals surface area (Å²) in [7, 11) is 0. The number of carbonyl (C=O) groups excluding carboxylic acids is 1. The lowest BCUT2D eigenvalue weighted by molar-refractivity contribution is -0.126. The van der Waals surface area contributed by atoms with Gasteiger partial charge in [0.2, 0.25) is 5.91 Å². The molecule has 2 atom stereocenters. The van der Waals surface area contributed by atoms with Gasteiger partial charge in [0.05, 0.1) is 0 Å². The maximum atomic E-state index is 12.0. The van der Waals surface area contributed by atoms with Crippen molar-refractivity contribution in [3.05, 3.63) is 35.9 Å². The van der Waals surface area contributed by atoms with E-state index < -0.39 is 0 Å². The highest BCUT2D eigenvalue weighted by molar-refractivity contribution is 5.85. The molecule has 4 heteroatoms. The number of rotatable bonds is 5. The molecule has 0 spiro atoms. The topological polar surface area (TPSA) is 41.1 Å². The second-order valence-electron chi connectivity index (χ2n) is 5.46. The Bertz CT molecular complexity index is 397. The van der Waals surface area contributed by atoms with E-state index in [1.807, 2.05) is 6.07 Å². The summed E-state index contributed by atoms with van der Waals surface area (Å²) >= 11 is 0. The van der Waals surface area contributed by atoms with Crippen molar-refractivity contribution in [3.8, 4) is 0 Å². The van der Waals surface area contributed by atoms with Crippen LogP contribution in [0.5, 0.6) is 0 Å². The van der Waals surface area contributed by atoms with Crippen LogP contribution in [0.3, 0.4) is 0 Å². The van der Waals surface area contributed by atoms with Crippen molar-refractivity contribution in [3.63, 3.8) is 0 Å². The molecule has 1 aromatic carbocycles. The van der Waals surface area contributed by atoms with Gasteiger partial charge in [-0.15, -0.1) is 12.4 Å². The number of piperidine rings is 1. The number of nitrogens with one attached hydrogen (secondary N) is 2. The number of amides is 1. The molecule has 20 heavy (non-hydrogen) atoms. The Morgan fingerprint density at radius 2 is 2.10 bits per heavy atom. The fourth-order valence-corrected chi connectivity index (χ4v) is 2.66. The Morgan fingerprint density at radius 1 is 1.35 bits per heavy atom. The zero-order valence-corrected chi connectivity index (χ0v) is 12.9. The van der Waals surface area contributed by atoms with E-state index in [1.54, 1.807) is 0 Å². The molecule has 0 aromatic heterocycles. The summed E-state index contributed by atoms with van der Waals surface area (Å²) in [4.78, 5) is 12.0. The standard InChI is InChI=1S/C16H24N2O.ClH/c1-13-12-15(9-11-17-13)16(19)18-10-5-8-14-6-3-2-4-7-14;/h2-4,6-7,13,15,17H,5,8-12H2,1H3,(H,18,19);1H/t13-,15-;/m0./s1. The third-order valence-electron chi connectivity index (χ3n) is 3.78. The zero-order chi connectivity index (χ0) is 13.5. The van der Waals surface area contributed by atoms with Gasteiger partial charge in [0.1, 0.15) is 0 Å². The van der Waals surface area contributed by atoms with E-state index in [4.69, 9.17) is 0 Å². The summed E-state index contributed by atoms with van der Waals surface area (Å²) in [5.74, 6) is 0.439. The largest absolute Gasteiger partial charge is 0.356 e. The lowest BCUT2D eigenvalue weighted by Gasteiger charge is -2.27. The number of hydrogen-bond donors (Lipinski definition) is 2. The van der Waals surface area contributed by atoms with Crippen molar-refractivity contribution in [2.75, 3.05) is 13.1 Å². The number of halogens is 1. The van der Waals surface area contributed by atoms with Crippen LogP contribution < -0.4 is 10.6 Å². The second kappa shape index (κ2) is 8.98. The molecule has 1 aliphatic rings.